The number of hydrogen-bond donors (Lipinski definition) is 1. The maximum absolute atomic E-state index is 12.7. The Morgan fingerprint density at radius 3 is 2.85 bits per heavy atom. The lowest BCUT2D eigenvalue weighted by atomic mass is 9.99. The molecular weight excluding hydrogens is 380 g/mol. The SMILES string of the molecule is CCOc1ccccc1Nc1nnc(SC(C)C(=O)N2CCC(C)CC2)s1. The molecular formula is C19H26N4O2S2. The number of ether oxygens (including phenoxy) is 1. The second-order valence-corrected chi connectivity index (χ2v) is 9.26. The highest BCUT2D eigenvalue weighted by Gasteiger charge is 2.26. The fraction of sp³-hybridized carbons (Fsp3) is 0.526. The molecule has 8 heteroatoms. The molecule has 146 valence electrons. The number of anilines is 2. The number of nitrogens with zero attached hydrogens (tertiary/aromatic N) is 3. The van der Waals surface area contributed by atoms with Crippen molar-refractivity contribution in [1.82, 2.24) is 15.1 Å². The first-order chi connectivity index (χ1) is 13.1. The smallest absolute Gasteiger partial charge is 0.235 e. The zero-order valence-electron chi connectivity index (χ0n) is 16.0. The van der Waals surface area contributed by atoms with E-state index < -0.39 is 0 Å². The number of rotatable bonds is 7. The molecule has 1 unspecified atom stereocenters. The number of aromatic nitrogens is 2. The number of piperidine rings is 1. The van der Waals surface area contributed by atoms with Crippen molar-refractivity contribution >= 4 is 39.8 Å². The second kappa shape index (κ2) is 9.41. The predicted octanol–water partition coefficient (Wildman–Crippen LogP) is 4.42. The summed E-state index contributed by atoms with van der Waals surface area (Å²) in [6.07, 6.45) is 2.19. The van der Waals surface area contributed by atoms with Gasteiger partial charge < -0.3 is 15.0 Å². The predicted molar refractivity (Wildman–Crippen MR) is 111 cm³/mol. The second-order valence-electron chi connectivity index (χ2n) is 6.70. The Morgan fingerprint density at radius 1 is 1.37 bits per heavy atom. The van der Waals surface area contributed by atoms with E-state index in [1.807, 2.05) is 43.0 Å². The van der Waals surface area contributed by atoms with E-state index in [0.29, 0.717) is 17.7 Å². The normalized spacial score (nSPS) is 16.2. The molecule has 1 amide bonds. The number of para-hydroxylation sites is 2. The van der Waals surface area contributed by atoms with E-state index in [4.69, 9.17) is 4.74 Å². The molecule has 2 aromatic rings. The molecule has 1 fully saturated rings. The molecule has 2 heterocycles. The maximum Gasteiger partial charge on any atom is 0.235 e. The molecule has 0 aliphatic carbocycles. The minimum atomic E-state index is -0.157. The monoisotopic (exact) mass is 406 g/mol. The van der Waals surface area contributed by atoms with Gasteiger partial charge in [-0.2, -0.15) is 0 Å². The number of benzene rings is 1. The highest BCUT2D eigenvalue weighted by Crippen LogP contribution is 2.33. The van der Waals surface area contributed by atoms with Gasteiger partial charge in [0.2, 0.25) is 11.0 Å². The summed E-state index contributed by atoms with van der Waals surface area (Å²) in [6.45, 7) is 8.48. The van der Waals surface area contributed by atoms with E-state index >= 15 is 0 Å². The quantitative estimate of drug-likeness (QED) is 0.687. The molecule has 1 aromatic carbocycles. The third-order valence-electron chi connectivity index (χ3n) is 4.56. The van der Waals surface area contributed by atoms with Crippen LogP contribution in [0.2, 0.25) is 0 Å². The Kier molecular flexibility index (Phi) is 6.95. The molecule has 1 saturated heterocycles. The summed E-state index contributed by atoms with van der Waals surface area (Å²) in [5, 5.41) is 12.2. The third-order valence-corrected chi connectivity index (χ3v) is 6.57. The lowest BCUT2D eigenvalue weighted by molar-refractivity contribution is -0.131. The van der Waals surface area contributed by atoms with Gasteiger partial charge in [-0.1, -0.05) is 42.2 Å². The highest BCUT2D eigenvalue weighted by atomic mass is 32.2. The van der Waals surface area contributed by atoms with E-state index in [1.165, 1.54) is 23.1 Å². The van der Waals surface area contributed by atoms with Crippen molar-refractivity contribution in [3.05, 3.63) is 24.3 Å². The standard InChI is InChI=1S/C19H26N4O2S2/c1-4-25-16-8-6-5-7-15(16)20-18-21-22-19(27-18)26-14(3)17(24)23-11-9-13(2)10-12-23/h5-8,13-14H,4,9-12H2,1-3H3,(H,20,21). The van der Waals surface area contributed by atoms with Gasteiger partial charge in [-0.05, 0) is 44.7 Å². The van der Waals surface area contributed by atoms with E-state index in [-0.39, 0.29) is 11.2 Å². The molecule has 1 N–H and O–H groups in total. The van der Waals surface area contributed by atoms with Gasteiger partial charge in [0.05, 0.1) is 17.5 Å². The molecule has 1 atom stereocenters. The van der Waals surface area contributed by atoms with Gasteiger partial charge in [-0.25, -0.2) is 0 Å². The van der Waals surface area contributed by atoms with E-state index in [1.54, 1.807) is 0 Å². The van der Waals surface area contributed by atoms with E-state index in [0.717, 1.165) is 41.7 Å². The van der Waals surface area contributed by atoms with Gasteiger partial charge in [-0.3, -0.25) is 4.79 Å². The Hall–Kier alpha value is -1.80. The minimum absolute atomic E-state index is 0.157. The number of nitrogens with one attached hydrogen (secondary N) is 1. The van der Waals surface area contributed by atoms with Crippen molar-refractivity contribution < 1.29 is 9.53 Å². The molecule has 0 saturated carbocycles. The van der Waals surface area contributed by atoms with Crippen LogP contribution in [0.5, 0.6) is 5.75 Å². The van der Waals surface area contributed by atoms with Gasteiger partial charge in [0.1, 0.15) is 5.75 Å². The third kappa shape index (κ3) is 5.35. The molecule has 0 spiro atoms. The van der Waals surface area contributed by atoms with Gasteiger partial charge in [0, 0.05) is 13.1 Å². The maximum atomic E-state index is 12.7. The van der Waals surface area contributed by atoms with Crippen LogP contribution in [0.3, 0.4) is 0 Å². The average molecular weight is 407 g/mol. The topological polar surface area (TPSA) is 67.3 Å². The van der Waals surface area contributed by atoms with Crippen LogP contribution in [0.25, 0.3) is 0 Å². The van der Waals surface area contributed by atoms with Crippen molar-refractivity contribution in [3.8, 4) is 5.75 Å². The van der Waals surface area contributed by atoms with Crippen LogP contribution in [-0.4, -0.2) is 46.0 Å². The zero-order valence-corrected chi connectivity index (χ0v) is 17.6. The van der Waals surface area contributed by atoms with Crippen molar-refractivity contribution in [1.29, 1.82) is 0 Å². The number of hydrogen-bond acceptors (Lipinski definition) is 7. The van der Waals surface area contributed by atoms with Crippen molar-refractivity contribution in [2.24, 2.45) is 5.92 Å². The highest BCUT2D eigenvalue weighted by molar-refractivity contribution is 8.02. The summed E-state index contributed by atoms with van der Waals surface area (Å²) in [4.78, 5) is 14.6. The number of carbonyl (C=O) groups is 1. The van der Waals surface area contributed by atoms with Crippen molar-refractivity contribution in [3.63, 3.8) is 0 Å². The zero-order chi connectivity index (χ0) is 19.2. The summed E-state index contributed by atoms with van der Waals surface area (Å²) in [5.74, 6) is 1.69. The Balaban J connectivity index is 1.58. The molecule has 1 aromatic heterocycles. The Morgan fingerprint density at radius 2 is 2.11 bits per heavy atom. The van der Waals surface area contributed by atoms with Gasteiger partial charge >= 0.3 is 0 Å². The van der Waals surface area contributed by atoms with Gasteiger partial charge in [-0.15, -0.1) is 10.2 Å². The largest absolute Gasteiger partial charge is 0.492 e. The average Bonchev–Trinajstić information content (AvgIpc) is 3.10. The lowest BCUT2D eigenvalue weighted by Gasteiger charge is -2.31. The van der Waals surface area contributed by atoms with Crippen LogP contribution < -0.4 is 10.1 Å². The summed E-state index contributed by atoms with van der Waals surface area (Å²) in [7, 11) is 0. The van der Waals surface area contributed by atoms with E-state index in [9.17, 15) is 4.79 Å². The van der Waals surface area contributed by atoms with Crippen LogP contribution >= 0.6 is 23.1 Å². The van der Waals surface area contributed by atoms with Crippen LogP contribution in [-0.2, 0) is 4.79 Å². The lowest BCUT2D eigenvalue weighted by Crippen LogP contribution is -2.41. The number of carbonyl (C=O) groups excluding carboxylic acids is 1. The number of thioether (sulfide) groups is 1. The Bertz CT molecular complexity index is 760. The minimum Gasteiger partial charge on any atom is -0.492 e. The van der Waals surface area contributed by atoms with Crippen LogP contribution in [0.4, 0.5) is 10.8 Å². The van der Waals surface area contributed by atoms with Crippen LogP contribution in [0, 0.1) is 5.92 Å². The summed E-state index contributed by atoms with van der Waals surface area (Å²) >= 11 is 2.93. The molecule has 3 rings (SSSR count). The number of likely N-dealkylation sites (tertiary alicyclic amines) is 1. The first kappa shape index (κ1) is 19.9. The molecule has 1 aliphatic rings. The summed E-state index contributed by atoms with van der Waals surface area (Å²) < 4.78 is 6.41. The van der Waals surface area contributed by atoms with E-state index in [2.05, 4.69) is 22.4 Å². The Labute approximate surface area is 168 Å². The van der Waals surface area contributed by atoms with Crippen LogP contribution in [0.1, 0.15) is 33.6 Å². The van der Waals surface area contributed by atoms with Crippen LogP contribution in [0.15, 0.2) is 28.6 Å². The van der Waals surface area contributed by atoms with Crippen molar-refractivity contribution in [2.45, 2.75) is 43.2 Å². The summed E-state index contributed by atoms with van der Waals surface area (Å²) in [5.41, 5.74) is 0.860. The van der Waals surface area contributed by atoms with Crippen molar-refractivity contribution in [2.75, 3.05) is 25.0 Å². The van der Waals surface area contributed by atoms with Gasteiger partial charge in [0.25, 0.3) is 0 Å². The summed E-state index contributed by atoms with van der Waals surface area (Å²) in [6, 6.07) is 7.75. The fourth-order valence-corrected chi connectivity index (χ4v) is 4.95. The van der Waals surface area contributed by atoms with Gasteiger partial charge in [0.15, 0.2) is 4.34 Å². The molecule has 0 radical (unpaired) electrons. The molecule has 27 heavy (non-hydrogen) atoms. The number of amides is 1. The first-order valence-electron chi connectivity index (χ1n) is 9.34. The molecule has 6 nitrogen and oxygen atoms in total. The first-order valence-corrected chi connectivity index (χ1v) is 11.0. The molecule has 0 bridgehead atoms. The molecule has 1 aliphatic heterocycles. The fourth-order valence-electron chi connectivity index (χ4n) is 2.96.